The quantitative estimate of drug-likeness (QED) is 0.716. The monoisotopic (exact) mass is 303 g/mol. The summed E-state index contributed by atoms with van der Waals surface area (Å²) in [5.74, 6) is -1.22. The lowest BCUT2D eigenvalue weighted by molar-refractivity contribution is -0.146. The number of para-hydroxylation sites is 1. The number of anilines is 1. The molecular weight excluding hydrogens is 286 g/mol. The molecule has 2 rings (SSSR count). The van der Waals surface area contributed by atoms with Crippen molar-refractivity contribution in [2.45, 2.75) is 16.2 Å². The van der Waals surface area contributed by atoms with E-state index in [2.05, 4.69) is 5.32 Å². The molecule has 0 bridgehead atoms. The van der Waals surface area contributed by atoms with Gasteiger partial charge in [-0.2, -0.15) is 0 Å². The van der Waals surface area contributed by atoms with Gasteiger partial charge in [0.25, 0.3) is 0 Å². The molecule has 0 saturated heterocycles. The molecule has 5 heteroatoms. The van der Waals surface area contributed by atoms with Gasteiger partial charge in [0.1, 0.15) is 0 Å². The Morgan fingerprint density at radius 2 is 1.71 bits per heavy atom. The van der Waals surface area contributed by atoms with Gasteiger partial charge in [0.15, 0.2) is 6.10 Å². The van der Waals surface area contributed by atoms with Crippen molar-refractivity contribution in [1.82, 2.24) is 0 Å². The van der Waals surface area contributed by atoms with Gasteiger partial charge in [-0.1, -0.05) is 42.5 Å². The van der Waals surface area contributed by atoms with Gasteiger partial charge in [-0.05, 0) is 17.7 Å². The fraction of sp³-hybridized carbons (Fsp3) is 0.188. The van der Waals surface area contributed by atoms with E-state index in [1.54, 1.807) is 0 Å². The van der Waals surface area contributed by atoms with Crippen LogP contribution in [0.15, 0.2) is 59.5 Å². The first-order valence-electron chi connectivity index (χ1n) is 6.52. The lowest BCUT2D eigenvalue weighted by Gasteiger charge is -2.21. The van der Waals surface area contributed by atoms with Gasteiger partial charge < -0.3 is 15.5 Å². The topological polar surface area (TPSA) is 69.6 Å². The minimum absolute atomic E-state index is 0.571. The Bertz CT molecular complexity index is 603. The predicted molar refractivity (Wildman–Crippen MR) is 84.7 cm³/mol. The zero-order valence-electron chi connectivity index (χ0n) is 11.6. The molecule has 2 atom stereocenters. The summed E-state index contributed by atoms with van der Waals surface area (Å²) < 4.78 is 0. The third kappa shape index (κ3) is 3.77. The number of hydrogen-bond acceptors (Lipinski definition) is 4. The number of rotatable bonds is 6. The molecule has 0 heterocycles. The van der Waals surface area contributed by atoms with Crippen molar-refractivity contribution in [1.29, 1.82) is 0 Å². The van der Waals surface area contributed by atoms with Crippen LogP contribution in [0.5, 0.6) is 0 Å². The van der Waals surface area contributed by atoms with Gasteiger partial charge >= 0.3 is 5.97 Å². The van der Waals surface area contributed by atoms with Crippen molar-refractivity contribution in [3.63, 3.8) is 0 Å². The minimum atomic E-state index is -1.47. The van der Waals surface area contributed by atoms with E-state index in [1.165, 1.54) is 11.8 Å². The standard InChI is InChI=1S/C16H17NO3S/c1-17-12-9-5-6-10-13(12)21-15(14(18)16(19)20)11-7-3-2-4-8-11/h2-10,14-15,17-18H,1H3,(H,19,20)/t14?,15-/m0/s1. The lowest BCUT2D eigenvalue weighted by atomic mass is 10.1. The Labute approximate surface area is 127 Å². The molecule has 0 fully saturated rings. The summed E-state index contributed by atoms with van der Waals surface area (Å²) in [4.78, 5) is 12.1. The first-order chi connectivity index (χ1) is 10.1. The largest absolute Gasteiger partial charge is 0.479 e. The highest BCUT2D eigenvalue weighted by Crippen LogP contribution is 2.40. The van der Waals surface area contributed by atoms with Crippen molar-refractivity contribution in [2.75, 3.05) is 12.4 Å². The van der Waals surface area contributed by atoms with Gasteiger partial charge in [0.2, 0.25) is 0 Å². The van der Waals surface area contributed by atoms with Crippen LogP contribution in [-0.4, -0.2) is 29.3 Å². The smallest absolute Gasteiger partial charge is 0.334 e. The number of aliphatic hydroxyl groups excluding tert-OH is 1. The number of aliphatic carboxylic acids is 1. The molecule has 0 aliphatic heterocycles. The number of aliphatic hydroxyl groups is 1. The average Bonchev–Trinajstić information content (AvgIpc) is 2.53. The molecule has 1 unspecified atom stereocenters. The highest BCUT2D eigenvalue weighted by atomic mass is 32.2. The number of hydrogen-bond donors (Lipinski definition) is 3. The Balaban J connectivity index is 2.34. The summed E-state index contributed by atoms with van der Waals surface area (Å²) in [5, 5.41) is 21.7. The first kappa shape index (κ1) is 15.4. The Morgan fingerprint density at radius 3 is 2.33 bits per heavy atom. The second-order valence-corrected chi connectivity index (χ2v) is 5.66. The highest BCUT2D eigenvalue weighted by molar-refractivity contribution is 7.99. The maximum atomic E-state index is 11.2. The van der Waals surface area contributed by atoms with Crippen molar-refractivity contribution in [3.8, 4) is 0 Å². The van der Waals surface area contributed by atoms with E-state index in [4.69, 9.17) is 5.11 Å². The molecule has 2 aromatic carbocycles. The second kappa shape index (κ2) is 7.15. The van der Waals surface area contributed by atoms with E-state index < -0.39 is 17.3 Å². The molecule has 110 valence electrons. The van der Waals surface area contributed by atoms with Gasteiger partial charge in [-0.3, -0.25) is 0 Å². The summed E-state index contributed by atoms with van der Waals surface area (Å²) in [6.45, 7) is 0. The maximum Gasteiger partial charge on any atom is 0.334 e. The van der Waals surface area contributed by atoms with Crippen molar-refractivity contribution in [2.24, 2.45) is 0 Å². The number of thioether (sulfide) groups is 1. The molecule has 3 N–H and O–H groups in total. The van der Waals surface area contributed by atoms with E-state index in [-0.39, 0.29) is 0 Å². The molecule has 2 aromatic rings. The Morgan fingerprint density at radius 1 is 1.10 bits per heavy atom. The number of carboxylic acid groups (broad SMARTS) is 1. The van der Waals surface area contributed by atoms with Crippen LogP contribution in [0.2, 0.25) is 0 Å². The van der Waals surface area contributed by atoms with Crippen LogP contribution in [0.4, 0.5) is 5.69 Å². The number of benzene rings is 2. The van der Waals surface area contributed by atoms with Crippen LogP contribution < -0.4 is 5.32 Å². The summed E-state index contributed by atoms with van der Waals surface area (Å²) >= 11 is 1.34. The fourth-order valence-electron chi connectivity index (χ4n) is 2.00. The zero-order valence-corrected chi connectivity index (χ0v) is 12.4. The molecule has 0 spiro atoms. The van der Waals surface area contributed by atoms with Crippen LogP contribution in [0.25, 0.3) is 0 Å². The van der Waals surface area contributed by atoms with E-state index >= 15 is 0 Å². The summed E-state index contributed by atoms with van der Waals surface area (Å²) in [6, 6.07) is 16.8. The minimum Gasteiger partial charge on any atom is -0.479 e. The fourth-order valence-corrected chi connectivity index (χ4v) is 3.27. The maximum absolute atomic E-state index is 11.2. The summed E-state index contributed by atoms with van der Waals surface area (Å²) in [5.41, 5.74) is 1.68. The van der Waals surface area contributed by atoms with Crippen LogP contribution in [0.3, 0.4) is 0 Å². The number of carboxylic acids is 1. The lowest BCUT2D eigenvalue weighted by Crippen LogP contribution is -2.25. The molecule has 0 amide bonds. The summed E-state index contributed by atoms with van der Waals surface area (Å²) in [7, 11) is 1.81. The highest BCUT2D eigenvalue weighted by Gasteiger charge is 2.28. The Hall–Kier alpha value is -1.98. The molecule has 4 nitrogen and oxygen atoms in total. The average molecular weight is 303 g/mol. The van der Waals surface area contributed by atoms with Gasteiger partial charge in [-0.15, -0.1) is 11.8 Å². The zero-order chi connectivity index (χ0) is 15.2. The molecule has 0 aliphatic rings. The number of carbonyl (C=O) groups is 1. The van der Waals surface area contributed by atoms with Crippen LogP contribution >= 0.6 is 11.8 Å². The molecule has 0 aliphatic carbocycles. The van der Waals surface area contributed by atoms with Gasteiger partial charge in [0.05, 0.1) is 5.25 Å². The second-order valence-electron chi connectivity index (χ2n) is 4.48. The Kier molecular flexibility index (Phi) is 5.25. The third-order valence-corrected chi connectivity index (χ3v) is 4.47. The van der Waals surface area contributed by atoms with E-state index in [1.807, 2.05) is 61.6 Å². The van der Waals surface area contributed by atoms with Crippen molar-refractivity contribution in [3.05, 3.63) is 60.2 Å². The molecule has 0 radical (unpaired) electrons. The van der Waals surface area contributed by atoms with Crippen molar-refractivity contribution >= 4 is 23.4 Å². The van der Waals surface area contributed by atoms with E-state index in [9.17, 15) is 9.90 Å². The van der Waals surface area contributed by atoms with Gasteiger partial charge in [0, 0.05) is 17.6 Å². The molecule has 21 heavy (non-hydrogen) atoms. The van der Waals surface area contributed by atoms with Crippen LogP contribution in [-0.2, 0) is 4.79 Å². The van der Waals surface area contributed by atoms with E-state index in [0.29, 0.717) is 0 Å². The van der Waals surface area contributed by atoms with Crippen molar-refractivity contribution < 1.29 is 15.0 Å². The summed E-state index contributed by atoms with van der Waals surface area (Å²) in [6.07, 6.45) is -1.47. The first-order valence-corrected chi connectivity index (χ1v) is 7.40. The van der Waals surface area contributed by atoms with E-state index in [0.717, 1.165) is 16.1 Å². The number of nitrogens with one attached hydrogen (secondary N) is 1. The van der Waals surface area contributed by atoms with Gasteiger partial charge in [-0.25, -0.2) is 4.79 Å². The normalized spacial score (nSPS) is 13.4. The van der Waals surface area contributed by atoms with Crippen LogP contribution in [0.1, 0.15) is 10.8 Å². The molecular formula is C16H17NO3S. The molecule has 0 saturated carbocycles. The predicted octanol–water partition coefficient (Wildman–Crippen LogP) is 3.01. The molecule has 0 aromatic heterocycles. The SMILES string of the molecule is CNc1ccccc1S[C@@H](c1ccccc1)C(O)C(=O)O. The van der Waals surface area contributed by atoms with Crippen LogP contribution in [0, 0.1) is 0 Å². The third-order valence-electron chi connectivity index (χ3n) is 3.08.